The van der Waals surface area contributed by atoms with Crippen molar-refractivity contribution in [2.24, 2.45) is 4.99 Å². The molecule has 0 bridgehead atoms. The number of nitrogens with one attached hydrogen (secondary N) is 2. The van der Waals surface area contributed by atoms with Gasteiger partial charge in [0, 0.05) is 30.6 Å². The molecule has 2 N–H and O–H groups in total. The predicted octanol–water partition coefficient (Wildman–Crippen LogP) is 3.12. The molecular weight excluding hydrogens is 323 g/mol. The molecule has 1 aromatic carbocycles. The fourth-order valence-electron chi connectivity index (χ4n) is 2.36. The van der Waals surface area contributed by atoms with E-state index in [9.17, 15) is 4.39 Å². The smallest absolute Gasteiger partial charge is 0.191 e. The van der Waals surface area contributed by atoms with Gasteiger partial charge in [-0.1, -0.05) is 6.07 Å². The van der Waals surface area contributed by atoms with Crippen LogP contribution in [0.2, 0.25) is 0 Å². The van der Waals surface area contributed by atoms with Crippen LogP contribution < -0.4 is 10.6 Å². The highest BCUT2D eigenvalue weighted by Gasteiger charge is 2.06. The van der Waals surface area contributed by atoms with E-state index in [0.29, 0.717) is 18.7 Å². The van der Waals surface area contributed by atoms with E-state index in [2.05, 4.69) is 34.0 Å². The Hall–Kier alpha value is -1.92. The molecule has 0 saturated heterocycles. The van der Waals surface area contributed by atoms with Crippen molar-refractivity contribution in [2.45, 2.75) is 26.6 Å². The average molecular weight is 348 g/mol. The van der Waals surface area contributed by atoms with Crippen LogP contribution in [0.15, 0.2) is 34.6 Å². The van der Waals surface area contributed by atoms with Crippen LogP contribution >= 0.6 is 11.3 Å². The summed E-state index contributed by atoms with van der Waals surface area (Å²) in [7, 11) is 5.62. The molecule has 0 aliphatic rings. The van der Waals surface area contributed by atoms with Crippen LogP contribution in [0, 0.1) is 12.7 Å². The van der Waals surface area contributed by atoms with E-state index in [0.717, 1.165) is 18.1 Å². The Morgan fingerprint density at radius 2 is 1.96 bits per heavy atom. The molecule has 2 aromatic rings. The molecule has 2 rings (SSSR count). The second kappa shape index (κ2) is 8.80. The van der Waals surface area contributed by atoms with Gasteiger partial charge in [0.2, 0.25) is 0 Å². The van der Waals surface area contributed by atoms with Crippen molar-refractivity contribution < 1.29 is 4.39 Å². The monoisotopic (exact) mass is 348 g/mol. The molecule has 24 heavy (non-hydrogen) atoms. The third kappa shape index (κ3) is 5.32. The second-order valence-electron chi connectivity index (χ2n) is 5.97. The highest BCUT2D eigenvalue weighted by atomic mass is 32.1. The van der Waals surface area contributed by atoms with Crippen LogP contribution in [0.1, 0.15) is 21.6 Å². The van der Waals surface area contributed by atoms with Crippen molar-refractivity contribution in [3.63, 3.8) is 0 Å². The van der Waals surface area contributed by atoms with Crippen molar-refractivity contribution in [3.05, 3.63) is 57.0 Å². The minimum atomic E-state index is -0.164. The topological polar surface area (TPSA) is 39.7 Å². The van der Waals surface area contributed by atoms with Crippen LogP contribution in [0.25, 0.3) is 0 Å². The lowest BCUT2D eigenvalue weighted by Crippen LogP contribution is -2.36. The van der Waals surface area contributed by atoms with Crippen molar-refractivity contribution >= 4 is 17.3 Å². The fraction of sp³-hybridized carbons (Fsp3) is 0.389. The molecule has 0 atom stereocenters. The first kappa shape index (κ1) is 18.4. The van der Waals surface area contributed by atoms with E-state index in [4.69, 9.17) is 0 Å². The van der Waals surface area contributed by atoms with Crippen LogP contribution in [0.5, 0.6) is 0 Å². The number of halogens is 1. The largest absolute Gasteiger partial charge is 0.352 e. The Kier molecular flexibility index (Phi) is 6.75. The number of hydrogen-bond donors (Lipinski definition) is 2. The molecule has 6 heteroatoms. The number of hydrogen-bond acceptors (Lipinski definition) is 3. The van der Waals surface area contributed by atoms with Gasteiger partial charge in [0.05, 0.1) is 6.54 Å². The first-order chi connectivity index (χ1) is 11.5. The normalized spacial score (nSPS) is 11.8. The first-order valence-corrected chi connectivity index (χ1v) is 8.77. The van der Waals surface area contributed by atoms with Crippen molar-refractivity contribution in [2.75, 3.05) is 21.1 Å². The Labute approximate surface area is 147 Å². The van der Waals surface area contributed by atoms with E-state index in [1.807, 2.05) is 25.1 Å². The summed E-state index contributed by atoms with van der Waals surface area (Å²) in [6.45, 7) is 4.04. The lowest BCUT2D eigenvalue weighted by molar-refractivity contribution is 0.392. The lowest BCUT2D eigenvalue weighted by Gasteiger charge is -2.14. The Morgan fingerprint density at radius 1 is 1.21 bits per heavy atom. The third-order valence-electron chi connectivity index (χ3n) is 3.66. The summed E-state index contributed by atoms with van der Waals surface area (Å²) in [5.74, 6) is 0.574. The van der Waals surface area contributed by atoms with Crippen LogP contribution in [-0.2, 0) is 19.6 Å². The van der Waals surface area contributed by atoms with Gasteiger partial charge in [-0.2, -0.15) is 0 Å². The molecule has 0 saturated carbocycles. The number of aryl methyl sites for hydroxylation is 1. The molecule has 0 amide bonds. The zero-order valence-corrected chi connectivity index (χ0v) is 15.5. The second-order valence-corrected chi connectivity index (χ2v) is 6.97. The molecule has 4 nitrogen and oxygen atoms in total. The van der Waals surface area contributed by atoms with Gasteiger partial charge in [-0.15, -0.1) is 11.3 Å². The maximum atomic E-state index is 13.8. The summed E-state index contributed by atoms with van der Waals surface area (Å²) in [5, 5.41) is 8.67. The zero-order chi connectivity index (χ0) is 17.5. The van der Waals surface area contributed by atoms with Crippen LogP contribution in [0.4, 0.5) is 4.39 Å². The summed E-state index contributed by atoms with van der Waals surface area (Å²) in [4.78, 5) is 7.49. The van der Waals surface area contributed by atoms with Crippen molar-refractivity contribution in [1.82, 2.24) is 15.5 Å². The number of rotatable bonds is 6. The van der Waals surface area contributed by atoms with Crippen LogP contribution in [-0.4, -0.2) is 32.0 Å². The van der Waals surface area contributed by atoms with E-state index in [1.54, 1.807) is 24.5 Å². The van der Waals surface area contributed by atoms with Gasteiger partial charge in [-0.05, 0) is 55.7 Å². The summed E-state index contributed by atoms with van der Waals surface area (Å²) >= 11 is 1.73. The average Bonchev–Trinajstić information content (AvgIpc) is 2.95. The third-order valence-corrected chi connectivity index (χ3v) is 4.69. The molecule has 0 aliphatic heterocycles. The van der Waals surface area contributed by atoms with E-state index >= 15 is 0 Å². The molecule has 0 unspecified atom stereocenters. The molecule has 0 fully saturated rings. The molecular formula is C18H25FN4S. The summed E-state index contributed by atoms with van der Waals surface area (Å²) in [6.07, 6.45) is 0. The van der Waals surface area contributed by atoms with Gasteiger partial charge in [-0.3, -0.25) is 4.99 Å². The van der Waals surface area contributed by atoms with Gasteiger partial charge < -0.3 is 15.5 Å². The number of nitrogens with zero attached hydrogens (tertiary/aromatic N) is 2. The standard InChI is InChI=1S/C18H25FN4S/c1-13-7-8-24-17(13)11-22-18(20-2)21-10-14-5-6-16(19)15(9-14)12-23(3)4/h5-9H,10-12H2,1-4H3,(H2,20,21,22). The summed E-state index contributed by atoms with van der Waals surface area (Å²) in [6, 6.07) is 7.35. The van der Waals surface area contributed by atoms with Crippen molar-refractivity contribution in [1.29, 1.82) is 0 Å². The lowest BCUT2D eigenvalue weighted by atomic mass is 10.1. The summed E-state index contributed by atoms with van der Waals surface area (Å²) < 4.78 is 13.8. The van der Waals surface area contributed by atoms with Gasteiger partial charge in [-0.25, -0.2) is 4.39 Å². The van der Waals surface area contributed by atoms with E-state index in [-0.39, 0.29) is 5.82 Å². The van der Waals surface area contributed by atoms with E-state index < -0.39 is 0 Å². The highest BCUT2D eigenvalue weighted by Crippen LogP contribution is 2.15. The Bertz CT molecular complexity index is 694. The minimum Gasteiger partial charge on any atom is -0.352 e. The molecule has 130 valence electrons. The summed E-state index contributed by atoms with van der Waals surface area (Å²) in [5.41, 5.74) is 3.02. The van der Waals surface area contributed by atoms with Gasteiger partial charge in [0.25, 0.3) is 0 Å². The zero-order valence-electron chi connectivity index (χ0n) is 14.7. The first-order valence-electron chi connectivity index (χ1n) is 7.89. The molecule has 0 spiro atoms. The molecule has 1 aromatic heterocycles. The SMILES string of the molecule is CN=C(NCc1ccc(F)c(CN(C)C)c1)NCc1sccc1C. The maximum absolute atomic E-state index is 13.8. The van der Waals surface area contributed by atoms with Crippen LogP contribution in [0.3, 0.4) is 0 Å². The minimum absolute atomic E-state index is 0.164. The molecule has 1 heterocycles. The van der Waals surface area contributed by atoms with Gasteiger partial charge in [0.1, 0.15) is 5.82 Å². The Morgan fingerprint density at radius 3 is 2.58 bits per heavy atom. The predicted molar refractivity (Wildman–Crippen MR) is 99.9 cm³/mol. The highest BCUT2D eigenvalue weighted by molar-refractivity contribution is 7.10. The molecule has 0 aliphatic carbocycles. The number of guanidine groups is 1. The fourth-order valence-corrected chi connectivity index (χ4v) is 3.20. The number of benzene rings is 1. The van der Waals surface area contributed by atoms with Gasteiger partial charge >= 0.3 is 0 Å². The van der Waals surface area contributed by atoms with E-state index in [1.165, 1.54) is 16.5 Å². The number of aliphatic imine (C=N–C) groups is 1. The quantitative estimate of drug-likeness (QED) is 0.622. The maximum Gasteiger partial charge on any atom is 0.191 e. The van der Waals surface area contributed by atoms with Crippen molar-refractivity contribution in [3.8, 4) is 0 Å². The number of thiophene rings is 1. The molecule has 0 radical (unpaired) electrons. The Balaban J connectivity index is 1.92. The van der Waals surface area contributed by atoms with Gasteiger partial charge in [0.15, 0.2) is 5.96 Å².